The Balaban J connectivity index is 2.31. The van der Waals surface area contributed by atoms with Crippen LogP contribution in [0.5, 0.6) is 0 Å². The highest BCUT2D eigenvalue weighted by atomic mass is 79.9. The second-order valence-corrected chi connectivity index (χ2v) is 7.00. The summed E-state index contributed by atoms with van der Waals surface area (Å²) in [6, 6.07) is 3.98. The summed E-state index contributed by atoms with van der Waals surface area (Å²) in [4.78, 5) is 12.0. The number of ketones is 1. The van der Waals surface area contributed by atoms with Gasteiger partial charge in [0, 0.05) is 22.0 Å². The molecule has 1 aromatic carbocycles. The summed E-state index contributed by atoms with van der Waals surface area (Å²) >= 11 is 7.14. The van der Waals surface area contributed by atoms with Crippen molar-refractivity contribution in [1.29, 1.82) is 0 Å². The van der Waals surface area contributed by atoms with Crippen LogP contribution in [-0.4, -0.2) is 5.78 Å². The maximum absolute atomic E-state index is 12.0. The van der Waals surface area contributed by atoms with Crippen molar-refractivity contribution in [3.63, 3.8) is 0 Å². The number of rotatable bonds is 1. The molecule has 3 rings (SSSR count). The summed E-state index contributed by atoms with van der Waals surface area (Å²) < 4.78 is 1.77. The van der Waals surface area contributed by atoms with E-state index in [1.54, 1.807) is 0 Å². The number of fused-ring (bicyclic) bond motifs is 3. The lowest BCUT2D eigenvalue weighted by atomic mass is 9.71. The van der Waals surface area contributed by atoms with Crippen LogP contribution in [0.15, 0.2) is 21.1 Å². The van der Waals surface area contributed by atoms with Crippen molar-refractivity contribution >= 4 is 48.9 Å². The van der Waals surface area contributed by atoms with Crippen LogP contribution in [0.2, 0.25) is 0 Å². The molecule has 0 amide bonds. The van der Waals surface area contributed by atoms with Gasteiger partial charge in [0.05, 0.1) is 4.48 Å². The highest BCUT2D eigenvalue weighted by molar-refractivity contribution is 9.12. The fraction of sp³-hybridized carbons (Fsp3) is 0.400. The molecule has 1 atom stereocenters. The molecule has 2 aliphatic rings. The number of benzene rings is 1. The van der Waals surface area contributed by atoms with Crippen molar-refractivity contribution in [1.82, 2.24) is 0 Å². The predicted octanol–water partition coefficient (Wildman–Crippen LogP) is 4.45. The zero-order valence-corrected chi connectivity index (χ0v) is 13.9. The van der Waals surface area contributed by atoms with E-state index in [1.807, 2.05) is 6.07 Å². The van der Waals surface area contributed by atoms with Crippen molar-refractivity contribution < 1.29 is 4.79 Å². The molecule has 19 heavy (non-hydrogen) atoms. The Bertz CT molecular complexity index is 621. The Labute approximate surface area is 129 Å². The molecule has 2 aliphatic carbocycles. The Hall–Kier alpha value is -0.610. The number of anilines is 1. The molecule has 2 nitrogen and oxygen atoms in total. The van der Waals surface area contributed by atoms with Gasteiger partial charge in [-0.05, 0) is 73.9 Å². The molecule has 0 radical (unpaired) electrons. The van der Waals surface area contributed by atoms with Crippen LogP contribution in [-0.2, 0) is 11.2 Å². The minimum Gasteiger partial charge on any atom is -0.398 e. The number of nitrogen functional groups attached to an aromatic ring is 1. The first-order valence-electron chi connectivity index (χ1n) is 6.51. The fourth-order valence-electron chi connectivity index (χ4n) is 3.40. The van der Waals surface area contributed by atoms with E-state index in [1.165, 1.54) is 16.7 Å². The van der Waals surface area contributed by atoms with Crippen molar-refractivity contribution in [2.24, 2.45) is 5.41 Å². The molecule has 100 valence electrons. The van der Waals surface area contributed by atoms with Gasteiger partial charge in [0.2, 0.25) is 0 Å². The van der Waals surface area contributed by atoms with Crippen LogP contribution in [0.25, 0.3) is 5.57 Å². The van der Waals surface area contributed by atoms with Crippen LogP contribution in [0.1, 0.15) is 37.3 Å². The molecule has 0 bridgehead atoms. The quantitative estimate of drug-likeness (QED) is 0.726. The van der Waals surface area contributed by atoms with Gasteiger partial charge in [-0.15, -0.1) is 0 Å². The van der Waals surface area contributed by atoms with E-state index in [9.17, 15) is 4.79 Å². The second-order valence-electron chi connectivity index (χ2n) is 5.42. The first-order valence-corrected chi connectivity index (χ1v) is 8.09. The standard InChI is InChI=1S/C15H15Br2NO/c1-2-15-6-5-11(19)14(17)12(15)8-3-4-10(18)13(16)9(8)7-15/h3-4H,2,5-7,18H2,1H3. The monoisotopic (exact) mass is 383 g/mol. The number of allylic oxidation sites excluding steroid dienone is 2. The summed E-state index contributed by atoms with van der Waals surface area (Å²) in [6.07, 6.45) is 3.60. The molecule has 0 heterocycles. The van der Waals surface area contributed by atoms with Gasteiger partial charge in [-0.3, -0.25) is 4.79 Å². The highest BCUT2D eigenvalue weighted by Crippen LogP contribution is 2.58. The van der Waals surface area contributed by atoms with Crippen LogP contribution >= 0.6 is 31.9 Å². The van der Waals surface area contributed by atoms with Gasteiger partial charge in [0.25, 0.3) is 0 Å². The topological polar surface area (TPSA) is 43.1 Å². The average molecular weight is 385 g/mol. The zero-order valence-electron chi connectivity index (χ0n) is 10.7. The van der Waals surface area contributed by atoms with Gasteiger partial charge in [-0.2, -0.15) is 0 Å². The van der Waals surface area contributed by atoms with E-state index in [0.717, 1.165) is 33.9 Å². The number of halogens is 2. The minimum atomic E-state index is 0.103. The molecule has 0 saturated heterocycles. The predicted molar refractivity (Wildman–Crippen MR) is 85.1 cm³/mol. The number of hydrogen-bond acceptors (Lipinski definition) is 2. The van der Waals surface area contributed by atoms with Gasteiger partial charge >= 0.3 is 0 Å². The lowest BCUT2D eigenvalue weighted by Gasteiger charge is -2.34. The van der Waals surface area contributed by atoms with E-state index in [4.69, 9.17) is 5.73 Å². The van der Waals surface area contributed by atoms with Gasteiger partial charge in [0.1, 0.15) is 0 Å². The van der Waals surface area contributed by atoms with Crippen molar-refractivity contribution in [3.05, 3.63) is 32.2 Å². The third kappa shape index (κ3) is 1.76. The van der Waals surface area contributed by atoms with Gasteiger partial charge in [-0.25, -0.2) is 0 Å². The Morgan fingerprint density at radius 1 is 1.37 bits per heavy atom. The lowest BCUT2D eigenvalue weighted by Crippen LogP contribution is -2.26. The van der Waals surface area contributed by atoms with E-state index in [-0.39, 0.29) is 11.2 Å². The summed E-state index contributed by atoms with van der Waals surface area (Å²) in [6.45, 7) is 2.21. The van der Waals surface area contributed by atoms with Crippen LogP contribution in [0, 0.1) is 5.41 Å². The third-order valence-corrected chi connectivity index (χ3v) is 6.33. The van der Waals surface area contributed by atoms with Gasteiger partial charge < -0.3 is 5.73 Å². The summed E-state index contributed by atoms with van der Waals surface area (Å²) in [5, 5.41) is 0. The van der Waals surface area contributed by atoms with Crippen molar-refractivity contribution in [2.75, 3.05) is 5.73 Å². The molecule has 0 aliphatic heterocycles. The minimum absolute atomic E-state index is 0.103. The normalized spacial score (nSPS) is 25.5. The Morgan fingerprint density at radius 2 is 2.11 bits per heavy atom. The molecular weight excluding hydrogens is 370 g/mol. The summed E-state index contributed by atoms with van der Waals surface area (Å²) in [7, 11) is 0. The van der Waals surface area contributed by atoms with E-state index in [2.05, 4.69) is 44.8 Å². The molecule has 2 N–H and O–H groups in total. The lowest BCUT2D eigenvalue weighted by molar-refractivity contribution is -0.115. The van der Waals surface area contributed by atoms with Crippen LogP contribution < -0.4 is 5.73 Å². The van der Waals surface area contributed by atoms with Gasteiger partial charge in [0.15, 0.2) is 5.78 Å². The van der Waals surface area contributed by atoms with E-state index in [0.29, 0.717) is 6.42 Å². The number of Topliss-reactive ketones (excluding diaryl/α,β-unsaturated/α-hetero) is 1. The molecule has 1 aromatic rings. The molecule has 0 spiro atoms. The molecule has 0 fully saturated rings. The maximum Gasteiger partial charge on any atom is 0.170 e. The van der Waals surface area contributed by atoms with Crippen molar-refractivity contribution in [2.45, 2.75) is 32.6 Å². The number of carbonyl (C=O) groups excluding carboxylic acids is 1. The first kappa shape index (κ1) is 13.4. The fourth-order valence-corrected chi connectivity index (χ4v) is 4.72. The maximum atomic E-state index is 12.0. The van der Waals surface area contributed by atoms with Crippen LogP contribution in [0.3, 0.4) is 0 Å². The molecule has 1 unspecified atom stereocenters. The number of nitrogens with two attached hydrogens (primary N) is 1. The second kappa shape index (κ2) is 4.45. The third-order valence-electron chi connectivity index (χ3n) is 4.56. The number of hydrogen-bond donors (Lipinski definition) is 1. The highest BCUT2D eigenvalue weighted by Gasteiger charge is 2.46. The zero-order chi connectivity index (χ0) is 13.8. The summed E-state index contributed by atoms with van der Waals surface area (Å²) in [5.74, 6) is 0.222. The van der Waals surface area contributed by atoms with Crippen molar-refractivity contribution in [3.8, 4) is 0 Å². The average Bonchev–Trinajstić information content (AvgIpc) is 2.75. The Kier molecular flexibility index (Phi) is 3.13. The molecule has 4 heteroatoms. The van der Waals surface area contributed by atoms with Crippen LogP contribution in [0.4, 0.5) is 5.69 Å². The largest absolute Gasteiger partial charge is 0.398 e. The molecular formula is C15H15Br2NO. The molecule has 0 aromatic heterocycles. The smallest absolute Gasteiger partial charge is 0.170 e. The first-order chi connectivity index (χ1) is 9.00. The Morgan fingerprint density at radius 3 is 2.79 bits per heavy atom. The SMILES string of the molecule is CCC12CCC(=O)C(Br)=C1c1ccc(N)c(Br)c1C2. The van der Waals surface area contributed by atoms with E-state index < -0.39 is 0 Å². The van der Waals surface area contributed by atoms with E-state index >= 15 is 0 Å². The van der Waals surface area contributed by atoms with Gasteiger partial charge in [-0.1, -0.05) is 13.0 Å². The molecule has 0 saturated carbocycles. The number of carbonyl (C=O) groups is 1. The summed E-state index contributed by atoms with van der Waals surface area (Å²) in [5.41, 5.74) is 10.5.